The fourth-order valence-corrected chi connectivity index (χ4v) is 2.99. The van der Waals surface area contributed by atoms with Gasteiger partial charge in [0.15, 0.2) is 0 Å². The van der Waals surface area contributed by atoms with Gasteiger partial charge in [0.2, 0.25) is 5.91 Å². The van der Waals surface area contributed by atoms with Crippen molar-refractivity contribution in [2.75, 3.05) is 10.6 Å². The lowest BCUT2D eigenvalue weighted by molar-refractivity contribution is -0.115. The van der Waals surface area contributed by atoms with Crippen LogP contribution >= 0.6 is 11.3 Å². The molecule has 5 heteroatoms. The van der Waals surface area contributed by atoms with Crippen molar-refractivity contribution in [3.05, 3.63) is 82.3 Å². The second-order valence-corrected chi connectivity index (χ2v) is 6.36. The molecule has 0 bridgehead atoms. The first kappa shape index (κ1) is 16.2. The monoisotopic (exact) mass is 340 g/mol. The van der Waals surface area contributed by atoms with E-state index in [2.05, 4.69) is 10.6 Å². The van der Waals surface area contributed by atoms with Crippen LogP contribution in [0.15, 0.2) is 66.0 Å². The smallest absolute Gasteiger partial charge is 0.229 e. The van der Waals surface area contributed by atoms with Gasteiger partial charge in [-0.3, -0.25) is 4.79 Å². The molecule has 0 aliphatic carbocycles. The number of hydrogen-bond donors (Lipinski definition) is 2. The third-order valence-electron chi connectivity index (χ3n) is 3.52. The van der Waals surface area contributed by atoms with Crippen LogP contribution in [0.3, 0.4) is 0 Å². The predicted octanol–water partition coefficient (Wildman–Crippen LogP) is 4.68. The van der Waals surface area contributed by atoms with Crippen molar-refractivity contribution in [2.45, 2.75) is 13.0 Å². The molecule has 0 aliphatic rings. The highest BCUT2D eigenvalue weighted by molar-refractivity contribution is 7.10. The van der Waals surface area contributed by atoms with E-state index in [1.165, 1.54) is 6.07 Å². The number of anilines is 2. The third-order valence-corrected chi connectivity index (χ3v) is 4.40. The molecule has 24 heavy (non-hydrogen) atoms. The first-order chi connectivity index (χ1) is 11.7. The summed E-state index contributed by atoms with van der Waals surface area (Å²) < 4.78 is 13.6. The topological polar surface area (TPSA) is 41.1 Å². The van der Waals surface area contributed by atoms with Crippen molar-refractivity contribution < 1.29 is 9.18 Å². The third kappa shape index (κ3) is 4.43. The van der Waals surface area contributed by atoms with Crippen LogP contribution in [0.4, 0.5) is 15.8 Å². The van der Waals surface area contributed by atoms with Crippen molar-refractivity contribution in [3.8, 4) is 0 Å². The van der Waals surface area contributed by atoms with E-state index in [4.69, 9.17) is 0 Å². The van der Waals surface area contributed by atoms with E-state index < -0.39 is 0 Å². The zero-order valence-electron chi connectivity index (χ0n) is 13.0. The molecule has 2 N–H and O–H groups in total. The Bertz CT molecular complexity index is 800. The molecule has 0 radical (unpaired) electrons. The van der Waals surface area contributed by atoms with E-state index in [1.54, 1.807) is 23.5 Å². The Morgan fingerprint density at radius 3 is 2.42 bits per heavy atom. The molecule has 1 heterocycles. The Labute approximate surface area is 144 Å². The Kier molecular flexibility index (Phi) is 5.23. The lowest BCUT2D eigenvalue weighted by Gasteiger charge is -2.09. The normalized spacial score (nSPS) is 10.4. The highest BCUT2D eigenvalue weighted by Crippen LogP contribution is 2.16. The Balaban J connectivity index is 1.53. The summed E-state index contributed by atoms with van der Waals surface area (Å²) in [5, 5.41) is 7.99. The number of amides is 1. The number of hydrogen-bond acceptors (Lipinski definition) is 3. The molecule has 1 amide bonds. The van der Waals surface area contributed by atoms with Gasteiger partial charge in [0, 0.05) is 28.4 Å². The predicted molar refractivity (Wildman–Crippen MR) is 96.8 cm³/mol. The molecule has 122 valence electrons. The Morgan fingerprint density at radius 1 is 0.958 bits per heavy atom. The summed E-state index contributed by atoms with van der Waals surface area (Å²) in [6.07, 6.45) is 0.380. The number of halogens is 1. The van der Waals surface area contributed by atoms with Gasteiger partial charge in [-0.15, -0.1) is 11.3 Å². The SMILES string of the molecule is O=C(Cc1cccs1)Nc1ccc(NCc2ccccc2F)cc1. The average molecular weight is 340 g/mol. The second-order valence-electron chi connectivity index (χ2n) is 5.33. The number of rotatable bonds is 6. The summed E-state index contributed by atoms with van der Waals surface area (Å²) >= 11 is 1.57. The number of nitrogens with one attached hydrogen (secondary N) is 2. The number of thiophene rings is 1. The van der Waals surface area contributed by atoms with Gasteiger partial charge in [-0.05, 0) is 41.8 Å². The maximum absolute atomic E-state index is 13.6. The Morgan fingerprint density at radius 2 is 1.71 bits per heavy atom. The molecule has 0 unspecified atom stereocenters. The second kappa shape index (κ2) is 7.75. The van der Waals surface area contributed by atoms with E-state index in [-0.39, 0.29) is 11.7 Å². The largest absolute Gasteiger partial charge is 0.381 e. The minimum atomic E-state index is -0.220. The van der Waals surface area contributed by atoms with Crippen molar-refractivity contribution >= 4 is 28.6 Å². The summed E-state index contributed by atoms with van der Waals surface area (Å²) in [5.74, 6) is -0.257. The maximum atomic E-state index is 13.6. The first-order valence-electron chi connectivity index (χ1n) is 7.60. The van der Waals surface area contributed by atoms with Crippen molar-refractivity contribution in [1.29, 1.82) is 0 Å². The van der Waals surface area contributed by atoms with E-state index in [0.29, 0.717) is 18.5 Å². The van der Waals surface area contributed by atoms with Gasteiger partial charge in [0.05, 0.1) is 6.42 Å². The van der Waals surface area contributed by atoms with Gasteiger partial charge in [-0.1, -0.05) is 24.3 Å². The molecule has 0 saturated heterocycles. The minimum absolute atomic E-state index is 0.0375. The average Bonchev–Trinajstić information content (AvgIpc) is 3.08. The molecule has 0 fully saturated rings. The van der Waals surface area contributed by atoms with E-state index in [9.17, 15) is 9.18 Å². The minimum Gasteiger partial charge on any atom is -0.381 e. The lowest BCUT2D eigenvalue weighted by Crippen LogP contribution is -2.13. The van der Waals surface area contributed by atoms with Crippen LogP contribution in [0.25, 0.3) is 0 Å². The lowest BCUT2D eigenvalue weighted by atomic mass is 10.2. The van der Waals surface area contributed by atoms with Crippen LogP contribution < -0.4 is 10.6 Å². The van der Waals surface area contributed by atoms with Crippen LogP contribution in [0.1, 0.15) is 10.4 Å². The highest BCUT2D eigenvalue weighted by atomic mass is 32.1. The van der Waals surface area contributed by atoms with E-state index >= 15 is 0 Å². The summed E-state index contributed by atoms with van der Waals surface area (Å²) in [6, 6.07) is 17.9. The fourth-order valence-electron chi connectivity index (χ4n) is 2.29. The summed E-state index contributed by atoms with van der Waals surface area (Å²) in [5.41, 5.74) is 2.23. The molecule has 3 rings (SSSR count). The molecular formula is C19H17FN2OS. The zero-order valence-corrected chi connectivity index (χ0v) is 13.8. The van der Waals surface area contributed by atoms with Crippen molar-refractivity contribution in [1.82, 2.24) is 0 Å². The number of benzene rings is 2. The van der Waals surface area contributed by atoms with E-state index in [1.807, 2.05) is 47.8 Å². The van der Waals surface area contributed by atoms with Crippen molar-refractivity contribution in [3.63, 3.8) is 0 Å². The van der Waals surface area contributed by atoms with Gasteiger partial charge >= 0.3 is 0 Å². The molecule has 3 nitrogen and oxygen atoms in total. The molecule has 3 aromatic rings. The molecule has 0 atom stereocenters. The molecule has 2 aromatic carbocycles. The molecule has 1 aromatic heterocycles. The van der Waals surface area contributed by atoms with Gasteiger partial charge in [0.25, 0.3) is 0 Å². The van der Waals surface area contributed by atoms with Gasteiger partial charge in [0.1, 0.15) is 5.82 Å². The quantitative estimate of drug-likeness (QED) is 0.684. The molecule has 0 saturated carbocycles. The van der Waals surface area contributed by atoms with Crippen molar-refractivity contribution in [2.24, 2.45) is 0 Å². The van der Waals surface area contributed by atoms with Crippen LogP contribution in [0.5, 0.6) is 0 Å². The van der Waals surface area contributed by atoms with Crippen LogP contribution in [0, 0.1) is 5.82 Å². The summed E-state index contributed by atoms with van der Waals surface area (Å²) in [7, 11) is 0. The van der Waals surface area contributed by atoms with Gasteiger partial charge in [-0.25, -0.2) is 4.39 Å². The molecular weight excluding hydrogens is 323 g/mol. The van der Waals surface area contributed by atoms with Gasteiger partial charge < -0.3 is 10.6 Å². The van der Waals surface area contributed by atoms with Crippen LogP contribution in [-0.4, -0.2) is 5.91 Å². The summed E-state index contributed by atoms with van der Waals surface area (Å²) in [4.78, 5) is 13.0. The highest BCUT2D eigenvalue weighted by Gasteiger charge is 2.05. The van der Waals surface area contributed by atoms with Crippen LogP contribution in [0.2, 0.25) is 0 Å². The Hall–Kier alpha value is -2.66. The fraction of sp³-hybridized carbons (Fsp3) is 0.105. The number of carbonyl (C=O) groups excluding carboxylic acids is 1. The zero-order chi connectivity index (χ0) is 16.8. The maximum Gasteiger partial charge on any atom is 0.229 e. The molecule has 0 spiro atoms. The number of carbonyl (C=O) groups is 1. The van der Waals surface area contributed by atoms with E-state index in [0.717, 1.165) is 16.3 Å². The molecule has 0 aliphatic heterocycles. The van der Waals surface area contributed by atoms with Gasteiger partial charge in [-0.2, -0.15) is 0 Å². The summed E-state index contributed by atoms with van der Waals surface area (Å²) in [6.45, 7) is 0.413. The first-order valence-corrected chi connectivity index (χ1v) is 8.48. The standard InChI is InChI=1S/C19H17FN2OS/c20-18-6-2-1-4-14(18)13-21-15-7-9-16(10-8-15)22-19(23)12-17-5-3-11-24-17/h1-11,21H,12-13H2,(H,22,23). The van der Waals surface area contributed by atoms with Crippen LogP contribution in [-0.2, 0) is 17.8 Å².